The zero-order chi connectivity index (χ0) is 30.7. The topological polar surface area (TPSA) is 119 Å². The molecule has 0 atom stereocenters. The normalized spacial score (nSPS) is 15.2. The number of carbonyl (C=O) groups excluding carboxylic acids is 2. The summed E-state index contributed by atoms with van der Waals surface area (Å²) in [5.74, 6) is 0.775. The van der Waals surface area contributed by atoms with E-state index in [4.69, 9.17) is 9.47 Å². The van der Waals surface area contributed by atoms with E-state index < -0.39 is 18.8 Å². The van der Waals surface area contributed by atoms with Crippen molar-refractivity contribution in [2.45, 2.75) is 51.7 Å². The molecule has 4 aliphatic heterocycles. The Balaban J connectivity index is 1.53. The smallest absolute Gasteiger partial charge is 0.422 e. The van der Waals surface area contributed by atoms with E-state index >= 15 is 0 Å². The lowest BCUT2D eigenvalue weighted by Gasteiger charge is -2.23. The molecule has 3 aromatic rings. The third kappa shape index (κ3) is 10.4. The van der Waals surface area contributed by atoms with Crippen LogP contribution in [-0.2, 0) is 17.8 Å². The number of ether oxygens (including phenoxy) is 2. The second kappa shape index (κ2) is 15.2. The Hall–Kier alpha value is -4.42. The van der Waals surface area contributed by atoms with Gasteiger partial charge < -0.3 is 25.0 Å². The first kappa shape index (κ1) is 31.5. The maximum absolute atomic E-state index is 12.8. The minimum atomic E-state index is -4.55. The van der Waals surface area contributed by atoms with Crippen LogP contribution in [0.5, 0.6) is 11.8 Å². The largest absolute Gasteiger partial charge is 0.494 e. The fourth-order valence-electron chi connectivity index (χ4n) is 4.36. The molecule has 6 bridgehead atoms. The van der Waals surface area contributed by atoms with E-state index in [1.807, 2.05) is 36.1 Å². The van der Waals surface area contributed by atoms with E-state index in [0.717, 1.165) is 17.5 Å². The molecule has 43 heavy (non-hydrogen) atoms. The van der Waals surface area contributed by atoms with Crippen LogP contribution < -0.4 is 20.1 Å². The van der Waals surface area contributed by atoms with Gasteiger partial charge in [-0.05, 0) is 54.7 Å². The third-order valence-corrected chi connectivity index (χ3v) is 6.53. The molecular weight excluding hydrogens is 565 g/mol. The van der Waals surface area contributed by atoms with Gasteiger partial charge in [0.2, 0.25) is 11.9 Å². The van der Waals surface area contributed by atoms with Gasteiger partial charge in [0.05, 0.1) is 6.61 Å². The summed E-state index contributed by atoms with van der Waals surface area (Å²) in [5.41, 5.74) is 2.06. The molecule has 7 rings (SSSR count). The number of alkyl halides is 3. The highest BCUT2D eigenvalue weighted by molar-refractivity contribution is 5.94. The van der Waals surface area contributed by atoms with Crippen molar-refractivity contribution in [3.05, 3.63) is 71.0 Å². The lowest BCUT2D eigenvalue weighted by Crippen LogP contribution is -2.35. The minimum Gasteiger partial charge on any atom is -0.494 e. The van der Waals surface area contributed by atoms with E-state index in [1.165, 1.54) is 0 Å². The highest BCUT2D eigenvalue weighted by Crippen LogP contribution is 2.19. The van der Waals surface area contributed by atoms with Crippen LogP contribution in [0.1, 0.15) is 59.9 Å². The van der Waals surface area contributed by atoms with E-state index in [0.29, 0.717) is 63.4 Å². The molecule has 0 saturated heterocycles. The number of aromatic nitrogens is 3. The summed E-state index contributed by atoms with van der Waals surface area (Å²) in [6.07, 6.45) is -1.88. The average Bonchev–Trinajstić information content (AvgIpc) is 2.98. The SMILES string of the molecule is CCCC(=O)N1CCCNC(=O)c2ccc(cc2)Cc2nc(nc(OCC(F)(F)F)n2)NCc2ccc(cc2)OCCC1. The highest BCUT2D eigenvalue weighted by atomic mass is 19.4. The molecule has 0 spiro atoms. The molecule has 2 N–H and O–H groups in total. The van der Waals surface area contributed by atoms with Crippen LogP contribution in [0.15, 0.2) is 48.5 Å². The van der Waals surface area contributed by atoms with Crippen LogP contribution in [0.25, 0.3) is 0 Å². The minimum absolute atomic E-state index is 0.0649. The van der Waals surface area contributed by atoms with Gasteiger partial charge in [-0.15, -0.1) is 0 Å². The molecule has 0 saturated carbocycles. The maximum atomic E-state index is 12.8. The number of halogens is 3. The summed E-state index contributed by atoms with van der Waals surface area (Å²) >= 11 is 0. The van der Waals surface area contributed by atoms with Gasteiger partial charge in [0.1, 0.15) is 11.6 Å². The second-order valence-corrected chi connectivity index (χ2v) is 10.1. The number of carbonyl (C=O) groups is 2. The molecule has 2 aromatic carbocycles. The van der Waals surface area contributed by atoms with Crippen LogP contribution in [0.4, 0.5) is 19.1 Å². The molecule has 1 aromatic heterocycles. The molecule has 5 heterocycles. The number of amides is 2. The number of rotatable bonds is 4. The Labute approximate surface area is 248 Å². The fourth-order valence-corrected chi connectivity index (χ4v) is 4.36. The number of hydrogen-bond acceptors (Lipinski definition) is 8. The summed E-state index contributed by atoms with van der Waals surface area (Å²) in [6.45, 7) is 2.64. The maximum Gasteiger partial charge on any atom is 0.422 e. The Morgan fingerprint density at radius 2 is 1.70 bits per heavy atom. The summed E-state index contributed by atoms with van der Waals surface area (Å²) in [5, 5.41) is 5.91. The van der Waals surface area contributed by atoms with Crippen LogP contribution in [0, 0.1) is 0 Å². The summed E-state index contributed by atoms with van der Waals surface area (Å²) in [6, 6.07) is 13.7. The zero-order valence-electron chi connectivity index (χ0n) is 24.0. The molecule has 0 unspecified atom stereocenters. The van der Waals surface area contributed by atoms with Gasteiger partial charge in [-0.2, -0.15) is 28.1 Å². The first-order chi connectivity index (χ1) is 20.7. The Kier molecular flexibility index (Phi) is 11.1. The van der Waals surface area contributed by atoms with E-state index in [1.54, 1.807) is 24.3 Å². The van der Waals surface area contributed by atoms with Crippen LogP contribution in [0.2, 0.25) is 0 Å². The van der Waals surface area contributed by atoms with Gasteiger partial charge in [0.15, 0.2) is 6.61 Å². The number of anilines is 1. The van der Waals surface area contributed by atoms with Crippen LogP contribution in [0.3, 0.4) is 0 Å². The molecule has 0 aliphatic carbocycles. The van der Waals surface area contributed by atoms with Crippen LogP contribution in [-0.4, -0.2) is 70.7 Å². The Morgan fingerprint density at radius 1 is 0.977 bits per heavy atom. The average molecular weight is 601 g/mol. The van der Waals surface area contributed by atoms with E-state index in [2.05, 4.69) is 25.6 Å². The van der Waals surface area contributed by atoms with E-state index in [9.17, 15) is 22.8 Å². The number of hydrogen-bond donors (Lipinski definition) is 2. The Bertz CT molecular complexity index is 1350. The fraction of sp³-hybridized carbons (Fsp3) is 0.433. The quantitative estimate of drug-likeness (QED) is 0.448. The van der Waals surface area contributed by atoms with Crippen molar-refractivity contribution in [1.29, 1.82) is 0 Å². The van der Waals surface area contributed by atoms with Gasteiger partial charge in [-0.25, -0.2) is 0 Å². The van der Waals surface area contributed by atoms with Crippen molar-refractivity contribution < 1.29 is 32.2 Å². The van der Waals surface area contributed by atoms with Crippen molar-refractivity contribution in [2.75, 3.05) is 38.2 Å². The van der Waals surface area contributed by atoms with Crippen molar-refractivity contribution in [3.63, 3.8) is 0 Å². The standard InChI is InChI=1S/C30H35F3N6O4/c1-2-5-26(40)39-15-3-14-34-27(41)23-10-6-21(7-11-23)18-25-36-28(38-29(37-25)43-20-30(31,32)33)35-19-22-8-12-24(13-9-22)42-17-4-16-39/h6-13H,2-5,14-20H2,1H3,(H,34,41)(H,35,36,37,38). The first-order valence-electron chi connectivity index (χ1n) is 14.2. The van der Waals surface area contributed by atoms with Gasteiger partial charge >= 0.3 is 12.2 Å². The molecule has 13 heteroatoms. The van der Waals surface area contributed by atoms with Gasteiger partial charge in [0.25, 0.3) is 5.91 Å². The van der Waals surface area contributed by atoms with Crippen LogP contribution >= 0.6 is 0 Å². The Morgan fingerprint density at radius 3 is 2.42 bits per heavy atom. The molecule has 10 nitrogen and oxygen atoms in total. The molecule has 0 radical (unpaired) electrons. The summed E-state index contributed by atoms with van der Waals surface area (Å²) in [7, 11) is 0. The number of benzene rings is 2. The summed E-state index contributed by atoms with van der Waals surface area (Å²) in [4.78, 5) is 39.6. The molecule has 0 fully saturated rings. The van der Waals surface area contributed by atoms with Crippen molar-refractivity contribution in [2.24, 2.45) is 0 Å². The van der Waals surface area contributed by atoms with Crippen molar-refractivity contribution in [3.8, 4) is 11.8 Å². The van der Waals surface area contributed by atoms with Gasteiger partial charge in [0, 0.05) is 44.6 Å². The lowest BCUT2D eigenvalue weighted by atomic mass is 10.1. The predicted octanol–water partition coefficient (Wildman–Crippen LogP) is 4.55. The van der Waals surface area contributed by atoms with Gasteiger partial charge in [-0.3, -0.25) is 9.59 Å². The predicted molar refractivity (Wildman–Crippen MR) is 153 cm³/mol. The van der Waals surface area contributed by atoms with Crippen molar-refractivity contribution in [1.82, 2.24) is 25.2 Å². The summed E-state index contributed by atoms with van der Waals surface area (Å²) < 4.78 is 49.0. The second-order valence-electron chi connectivity index (χ2n) is 10.1. The van der Waals surface area contributed by atoms with Gasteiger partial charge in [-0.1, -0.05) is 31.2 Å². The zero-order valence-corrected chi connectivity index (χ0v) is 24.0. The number of nitrogens with zero attached hydrogens (tertiary/aromatic N) is 4. The van der Waals surface area contributed by atoms with E-state index in [-0.39, 0.29) is 30.0 Å². The molecule has 230 valence electrons. The first-order valence-corrected chi connectivity index (χ1v) is 14.2. The number of nitrogens with one attached hydrogen (secondary N) is 2. The van der Waals surface area contributed by atoms with Crippen molar-refractivity contribution >= 4 is 17.8 Å². The highest BCUT2D eigenvalue weighted by Gasteiger charge is 2.29. The monoisotopic (exact) mass is 600 g/mol. The molecule has 4 aliphatic rings. The lowest BCUT2D eigenvalue weighted by molar-refractivity contribution is -0.154. The molecule has 2 amide bonds. The third-order valence-electron chi connectivity index (χ3n) is 6.53. The molecular formula is C30H35F3N6O4.